The molecule has 3 heterocycles. The second kappa shape index (κ2) is 9.78. The molecule has 0 aliphatic carbocycles. The van der Waals surface area contributed by atoms with Gasteiger partial charge < -0.3 is 15.6 Å². The molecule has 3 aromatic heterocycles. The molecule has 0 radical (unpaired) electrons. The van der Waals surface area contributed by atoms with Crippen LogP contribution in [0.15, 0.2) is 59.8 Å². The SMILES string of the molecule is Cc1cnc(NCCc2ccccc2)c(=O)n1CC(=O)NCc1cnc2[nH]cc(C#N)c2c1. The third-order valence-corrected chi connectivity index (χ3v) is 5.30. The zero-order chi connectivity index (χ0) is 23.2. The highest BCUT2D eigenvalue weighted by Crippen LogP contribution is 2.16. The third-order valence-electron chi connectivity index (χ3n) is 5.30. The van der Waals surface area contributed by atoms with Gasteiger partial charge in [-0.25, -0.2) is 9.97 Å². The first kappa shape index (κ1) is 21.8. The maximum Gasteiger partial charge on any atom is 0.293 e. The molecular weight excluding hydrogens is 418 g/mol. The summed E-state index contributed by atoms with van der Waals surface area (Å²) in [4.78, 5) is 36.8. The van der Waals surface area contributed by atoms with Gasteiger partial charge in [0.2, 0.25) is 5.91 Å². The second-order valence-corrected chi connectivity index (χ2v) is 7.63. The lowest BCUT2D eigenvalue weighted by Gasteiger charge is -2.12. The lowest BCUT2D eigenvalue weighted by Crippen LogP contribution is -2.34. The molecule has 0 aliphatic heterocycles. The number of aryl methyl sites for hydroxylation is 1. The van der Waals surface area contributed by atoms with E-state index < -0.39 is 0 Å². The summed E-state index contributed by atoms with van der Waals surface area (Å²) in [6.07, 6.45) is 5.57. The number of nitrogens with one attached hydrogen (secondary N) is 3. The van der Waals surface area contributed by atoms with Crippen LogP contribution in [0, 0.1) is 18.3 Å². The first-order valence-electron chi connectivity index (χ1n) is 10.5. The van der Waals surface area contributed by atoms with Gasteiger partial charge in [-0.3, -0.25) is 14.2 Å². The summed E-state index contributed by atoms with van der Waals surface area (Å²) in [5.41, 5.74) is 3.29. The minimum atomic E-state index is -0.340. The average molecular weight is 441 g/mol. The number of fused-ring (bicyclic) bond motifs is 1. The molecule has 0 saturated carbocycles. The number of aromatic amines is 1. The summed E-state index contributed by atoms with van der Waals surface area (Å²) in [5, 5.41) is 15.8. The van der Waals surface area contributed by atoms with Gasteiger partial charge in [0.1, 0.15) is 18.3 Å². The molecule has 3 N–H and O–H groups in total. The van der Waals surface area contributed by atoms with Gasteiger partial charge in [-0.15, -0.1) is 0 Å². The zero-order valence-electron chi connectivity index (χ0n) is 18.1. The highest BCUT2D eigenvalue weighted by Gasteiger charge is 2.12. The number of amides is 1. The third kappa shape index (κ3) is 5.07. The van der Waals surface area contributed by atoms with Crippen LogP contribution in [0.1, 0.15) is 22.4 Å². The molecule has 9 heteroatoms. The molecule has 4 rings (SSSR count). The van der Waals surface area contributed by atoms with Crippen molar-refractivity contribution in [3.8, 4) is 6.07 Å². The van der Waals surface area contributed by atoms with Gasteiger partial charge in [-0.2, -0.15) is 5.26 Å². The zero-order valence-corrected chi connectivity index (χ0v) is 18.1. The van der Waals surface area contributed by atoms with Crippen molar-refractivity contribution in [2.45, 2.75) is 26.4 Å². The van der Waals surface area contributed by atoms with Crippen molar-refractivity contribution in [1.29, 1.82) is 5.26 Å². The van der Waals surface area contributed by atoms with E-state index in [1.807, 2.05) is 36.4 Å². The Kier molecular flexibility index (Phi) is 6.45. The number of nitrogens with zero attached hydrogens (tertiary/aromatic N) is 4. The van der Waals surface area contributed by atoms with Crippen molar-refractivity contribution < 1.29 is 4.79 Å². The number of H-pyrrole nitrogens is 1. The number of hydrogen-bond donors (Lipinski definition) is 3. The lowest BCUT2D eigenvalue weighted by molar-refractivity contribution is -0.121. The minimum Gasteiger partial charge on any atom is -0.365 e. The van der Waals surface area contributed by atoms with Crippen LogP contribution < -0.4 is 16.2 Å². The summed E-state index contributed by atoms with van der Waals surface area (Å²) in [6.45, 7) is 2.41. The van der Waals surface area contributed by atoms with Crippen LogP contribution in [0.25, 0.3) is 11.0 Å². The molecule has 33 heavy (non-hydrogen) atoms. The molecule has 0 spiro atoms. The summed E-state index contributed by atoms with van der Waals surface area (Å²) >= 11 is 0. The van der Waals surface area contributed by atoms with E-state index in [9.17, 15) is 14.9 Å². The van der Waals surface area contributed by atoms with Gasteiger partial charge in [0, 0.05) is 42.8 Å². The number of aromatic nitrogens is 4. The van der Waals surface area contributed by atoms with Crippen molar-refractivity contribution in [2.75, 3.05) is 11.9 Å². The highest BCUT2D eigenvalue weighted by atomic mass is 16.2. The van der Waals surface area contributed by atoms with Crippen molar-refractivity contribution in [3.05, 3.63) is 87.7 Å². The lowest BCUT2D eigenvalue weighted by atomic mass is 10.1. The van der Waals surface area contributed by atoms with Gasteiger partial charge in [-0.1, -0.05) is 30.3 Å². The molecule has 0 saturated heterocycles. The van der Waals surface area contributed by atoms with E-state index in [1.54, 1.807) is 25.5 Å². The summed E-state index contributed by atoms with van der Waals surface area (Å²) in [5.74, 6) is -0.0909. The molecule has 0 fully saturated rings. The Morgan fingerprint density at radius 1 is 1.18 bits per heavy atom. The summed E-state index contributed by atoms with van der Waals surface area (Å²) in [6, 6.07) is 13.9. The fourth-order valence-electron chi connectivity index (χ4n) is 3.49. The van der Waals surface area contributed by atoms with E-state index in [1.165, 1.54) is 4.57 Å². The van der Waals surface area contributed by atoms with Crippen LogP contribution in [0.2, 0.25) is 0 Å². The quantitative estimate of drug-likeness (QED) is 0.385. The number of carbonyl (C=O) groups is 1. The molecule has 1 amide bonds. The molecule has 0 unspecified atom stereocenters. The normalized spacial score (nSPS) is 10.7. The number of nitriles is 1. The molecule has 1 aromatic carbocycles. The largest absolute Gasteiger partial charge is 0.365 e. The number of benzene rings is 1. The summed E-state index contributed by atoms with van der Waals surface area (Å²) < 4.78 is 1.40. The summed E-state index contributed by atoms with van der Waals surface area (Å²) in [7, 11) is 0. The minimum absolute atomic E-state index is 0.121. The predicted molar refractivity (Wildman–Crippen MR) is 125 cm³/mol. The highest BCUT2D eigenvalue weighted by molar-refractivity contribution is 5.83. The molecule has 4 aromatic rings. The van der Waals surface area contributed by atoms with Crippen molar-refractivity contribution in [3.63, 3.8) is 0 Å². The fraction of sp³-hybridized carbons (Fsp3) is 0.208. The van der Waals surface area contributed by atoms with Gasteiger partial charge in [-0.05, 0) is 30.5 Å². The van der Waals surface area contributed by atoms with E-state index in [0.29, 0.717) is 28.8 Å². The monoisotopic (exact) mass is 441 g/mol. The molecule has 166 valence electrons. The maximum absolute atomic E-state index is 12.8. The van der Waals surface area contributed by atoms with Crippen molar-refractivity contribution in [2.24, 2.45) is 0 Å². The molecule has 0 aliphatic rings. The Balaban J connectivity index is 1.38. The van der Waals surface area contributed by atoms with E-state index in [4.69, 9.17) is 0 Å². The Hall–Kier alpha value is -4.45. The van der Waals surface area contributed by atoms with Crippen LogP contribution in [0.5, 0.6) is 0 Å². The molecule has 0 atom stereocenters. The smallest absolute Gasteiger partial charge is 0.293 e. The van der Waals surface area contributed by atoms with E-state index >= 15 is 0 Å². The number of carbonyl (C=O) groups excluding carboxylic acids is 1. The Morgan fingerprint density at radius 3 is 2.79 bits per heavy atom. The van der Waals surface area contributed by atoms with Gasteiger partial charge in [0.15, 0.2) is 5.82 Å². The topological polar surface area (TPSA) is 128 Å². The second-order valence-electron chi connectivity index (χ2n) is 7.63. The van der Waals surface area contributed by atoms with E-state index in [-0.39, 0.29) is 30.4 Å². The fourth-order valence-corrected chi connectivity index (χ4v) is 3.49. The Bertz CT molecular complexity index is 1380. The standard InChI is InChI=1S/C24H23N7O2/c1-16-11-28-23(26-8-7-17-5-3-2-4-6-17)24(33)31(16)15-21(32)27-12-18-9-20-19(10-25)14-30-22(20)29-13-18/h2-6,9,11,13-14H,7-8,12,15H2,1H3,(H,26,28)(H,27,32)(H,29,30). The molecular formula is C24H23N7O2. The molecule has 9 nitrogen and oxygen atoms in total. The average Bonchev–Trinajstić information content (AvgIpc) is 3.25. The molecule has 0 bridgehead atoms. The van der Waals surface area contributed by atoms with Crippen LogP contribution in [0.3, 0.4) is 0 Å². The van der Waals surface area contributed by atoms with Crippen molar-refractivity contribution >= 4 is 22.8 Å². The Morgan fingerprint density at radius 2 is 2.00 bits per heavy atom. The maximum atomic E-state index is 12.8. The van der Waals surface area contributed by atoms with Crippen molar-refractivity contribution in [1.82, 2.24) is 24.8 Å². The number of rotatable bonds is 8. The number of hydrogen-bond acceptors (Lipinski definition) is 6. The predicted octanol–water partition coefficient (Wildman–Crippen LogP) is 2.27. The van der Waals surface area contributed by atoms with Crippen LogP contribution in [-0.4, -0.2) is 32.0 Å². The van der Waals surface area contributed by atoms with Crippen LogP contribution in [0.4, 0.5) is 5.82 Å². The van der Waals surface area contributed by atoms with E-state index in [0.717, 1.165) is 17.5 Å². The number of anilines is 1. The Labute approximate surface area is 190 Å². The van der Waals surface area contributed by atoms with Gasteiger partial charge in [0.25, 0.3) is 5.56 Å². The first-order chi connectivity index (χ1) is 16.0. The van der Waals surface area contributed by atoms with Crippen LogP contribution in [-0.2, 0) is 24.3 Å². The number of pyridine rings is 1. The van der Waals surface area contributed by atoms with Crippen LogP contribution >= 0.6 is 0 Å². The first-order valence-corrected chi connectivity index (χ1v) is 10.5. The van der Waals surface area contributed by atoms with Gasteiger partial charge in [0.05, 0.1) is 5.56 Å². The van der Waals surface area contributed by atoms with E-state index in [2.05, 4.69) is 31.7 Å². The van der Waals surface area contributed by atoms with Gasteiger partial charge >= 0.3 is 0 Å².